The van der Waals surface area contributed by atoms with Gasteiger partial charge in [-0.05, 0) is 38.2 Å². The topological polar surface area (TPSA) is 69.4 Å². The summed E-state index contributed by atoms with van der Waals surface area (Å²) < 4.78 is 4.93. The van der Waals surface area contributed by atoms with Gasteiger partial charge >= 0.3 is 5.97 Å². The largest absolute Gasteiger partial charge is 0.463 e. The molecule has 1 atom stereocenters. The van der Waals surface area contributed by atoms with Crippen LogP contribution in [0.15, 0.2) is 24.3 Å². The quantitative estimate of drug-likeness (QED) is 0.792. The fourth-order valence-electron chi connectivity index (χ4n) is 2.11. The summed E-state index contributed by atoms with van der Waals surface area (Å²) in [6, 6.07) is 8.71. The minimum atomic E-state index is -0.444. The SMILES string of the molecule is CC(C)OC(=O)C[C@@H](C(N)=O)C(C)C.Cc1ccc(C(C)C)cc1. The monoisotopic (exact) mass is 335 g/mol. The van der Waals surface area contributed by atoms with Crippen molar-refractivity contribution in [3.63, 3.8) is 0 Å². The first-order valence-corrected chi connectivity index (χ1v) is 8.59. The van der Waals surface area contributed by atoms with Gasteiger partial charge in [0, 0.05) is 0 Å². The van der Waals surface area contributed by atoms with Crippen LogP contribution in [0.4, 0.5) is 0 Å². The number of carbonyl (C=O) groups excluding carboxylic acids is 2. The average molecular weight is 335 g/mol. The fourth-order valence-corrected chi connectivity index (χ4v) is 2.11. The molecule has 4 heteroatoms. The van der Waals surface area contributed by atoms with E-state index in [4.69, 9.17) is 10.5 Å². The molecule has 0 aliphatic carbocycles. The Kier molecular flexibility index (Phi) is 10.0. The number of primary amides is 1. The highest BCUT2D eigenvalue weighted by Crippen LogP contribution is 2.16. The minimum absolute atomic E-state index is 0.0622. The van der Waals surface area contributed by atoms with Crippen molar-refractivity contribution in [1.82, 2.24) is 0 Å². The fraction of sp³-hybridized carbons (Fsp3) is 0.600. The van der Waals surface area contributed by atoms with Crippen LogP contribution in [-0.4, -0.2) is 18.0 Å². The van der Waals surface area contributed by atoms with Crippen molar-refractivity contribution in [2.45, 2.75) is 66.9 Å². The second kappa shape index (κ2) is 10.8. The molecule has 0 radical (unpaired) electrons. The number of hydrogen-bond donors (Lipinski definition) is 1. The Morgan fingerprint density at radius 1 is 1.00 bits per heavy atom. The van der Waals surface area contributed by atoms with Crippen LogP contribution in [-0.2, 0) is 14.3 Å². The van der Waals surface area contributed by atoms with Crippen molar-refractivity contribution in [3.05, 3.63) is 35.4 Å². The van der Waals surface area contributed by atoms with Crippen LogP contribution < -0.4 is 5.73 Å². The number of aryl methyl sites for hydroxylation is 1. The highest BCUT2D eigenvalue weighted by Gasteiger charge is 2.23. The Balaban J connectivity index is 0.000000463. The van der Waals surface area contributed by atoms with Crippen molar-refractivity contribution >= 4 is 11.9 Å². The zero-order valence-electron chi connectivity index (χ0n) is 16.1. The standard InChI is InChI=1S/C10H19NO3.C10H14/c1-6(2)8(10(11)13)5-9(12)14-7(3)4;1-8(2)10-6-4-9(3)5-7-10/h6-8H,5H2,1-4H3,(H2,11,13);4-8H,1-3H3/t8-;/m1./s1. The number of amides is 1. The lowest BCUT2D eigenvalue weighted by atomic mass is 9.92. The van der Waals surface area contributed by atoms with Crippen molar-refractivity contribution < 1.29 is 14.3 Å². The van der Waals surface area contributed by atoms with Gasteiger partial charge in [0.15, 0.2) is 0 Å². The van der Waals surface area contributed by atoms with E-state index < -0.39 is 11.8 Å². The molecule has 136 valence electrons. The predicted molar refractivity (Wildman–Crippen MR) is 98.6 cm³/mol. The second-order valence-electron chi connectivity index (χ2n) is 7.06. The Morgan fingerprint density at radius 3 is 1.83 bits per heavy atom. The average Bonchev–Trinajstić information content (AvgIpc) is 2.44. The van der Waals surface area contributed by atoms with Gasteiger partial charge < -0.3 is 10.5 Å². The molecule has 24 heavy (non-hydrogen) atoms. The number of rotatable bonds is 6. The molecule has 0 fully saturated rings. The van der Waals surface area contributed by atoms with E-state index in [1.165, 1.54) is 11.1 Å². The number of ether oxygens (including phenoxy) is 1. The summed E-state index contributed by atoms with van der Waals surface area (Å²) in [5.41, 5.74) is 7.93. The molecule has 4 nitrogen and oxygen atoms in total. The first-order valence-electron chi connectivity index (χ1n) is 8.59. The first-order chi connectivity index (χ1) is 11.0. The molecule has 1 aromatic carbocycles. The predicted octanol–water partition coefficient (Wildman–Crippen LogP) is 4.20. The number of hydrogen-bond acceptors (Lipinski definition) is 3. The van der Waals surface area contributed by atoms with Gasteiger partial charge in [-0.1, -0.05) is 57.5 Å². The lowest BCUT2D eigenvalue weighted by Gasteiger charge is -2.17. The number of nitrogens with two attached hydrogens (primary N) is 1. The van der Waals surface area contributed by atoms with Crippen molar-refractivity contribution in [2.75, 3.05) is 0 Å². The van der Waals surface area contributed by atoms with Gasteiger partial charge in [0.25, 0.3) is 0 Å². The third kappa shape index (κ3) is 9.33. The number of carbonyl (C=O) groups is 2. The van der Waals surface area contributed by atoms with Crippen molar-refractivity contribution in [3.8, 4) is 0 Å². The van der Waals surface area contributed by atoms with E-state index in [2.05, 4.69) is 45.0 Å². The molecule has 0 aromatic heterocycles. The van der Waals surface area contributed by atoms with E-state index >= 15 is 0 Å². The van der Waals surface area contributed by atoms with E-state index in [1.807, 2.05) is 13.8 Å². The van der Waals surface area contributed by atoms with Gasteiger partial charge in [-0.2, -0.15) is 0 Å². The molecular formula is C20H33NO3. The third-order valence-corrected chi connectivity index (χ3v) is 3.67. The zero-order valence-corrected chi connectivity index (χ0v) is 16.1. The van der Waals surface area contributed by atoms with E-state index in [9.17, 15) is 9.59 Å². The maximum Gasteiger partial charge on any atom is 0.306 e. The Bertz CT molecular complexity index is 504. The molecule has 0 bridgehead atoms. The summed E-state index contributed by atoms with van der Waals surface area (Å²) in [5, 5.41) is 0. The maximum absolute atomic E-state index is 11.2. The van der Waals surface area contributed by atoms with E-state index in [1.54, 1.807) is 13.8 Å². The molecule has 1 rings (SSSR count). The first kappa shape index (κ1) is 22.2. The Labute approximate surface area is 146 Å². The van der Waals surface area contributed by atoms with Gasteiger partial charge in [0.05, 0.1) is 18.4 Å². The molecule has 0 saturated heterocycles. The Hall–Kier alpha value is -1.84. The number of esters is 1. The minimum Gasteiger partial charge on any atom is -0.463 e. The number of benzene rings is 1. The van der Waals surface area contributed by atoms with Crippen LogP contribution in [0, 0.1) is 18.8 Å². The molecule has 1 aromatic rings. The summed E-state index contributed by atoms with van der Waals surface area (Å²) in [6.45, 7) is 13.8. The van der Waals surface area contributed by atoms with Crippen molar-refractivity contribution in [1.29, 1.82) is 0 Å². The van der Waals surface area contributed by atoms with Crippen LogP contribution in [0.1, 0.15) is 65.0 Å². The third-order valence-electron chi connectivity index (χ3n) is 3.67. The molecule has 0 spiro atoms. The lowest BCUT2D eigenvalue weighted by molar-refractivity contribution is -0.150. The Morgan fingerprint density at radius 2 is 1.50 bits per heavy atom. The van der Waals surface area contributed by atoms with Crippen LogP contribution in [0.5, 0.6) is 0 Å². The van der Waals surface area contributed by atoms with Crippen molar-refractivity contribution in [2.24, 2.45) is 17.6 Å². The molecule has 0 unspecified atom stereocenters. The lowest BCUT2D eigenvalue weighted by Crippen LogP contribution is -2.30. The highest BCUT2D eigenvalue weighted by atomic mass is 16.5. The second-order valence-corrected chi connectivity index (χ2v) is 7.06. The summed E-state index contributed by atoms with van der Waals surface area (Å²) in [5.74, 6) is -0.521. The van der Waals surface area contributed by atoms with Crippen LogP contribution in [0.25, 0.3) is 0 Å². The van der Waals surface area contributed by atoms with E-state index in [0.717, 1.165) is 0 Å². The molecule has 0 aliphatic rings. The zero-order chi connectivity index (χ0) is 18.9. The van der Waals surface area contributed by atoms with Gasteiger partial charge in [-0.15, -0.1) is 0 Å². The molecular weight excluding hydrogens is 302 g/mol. The molecule has 1 amide bonds. The molecule has 0 heterocycles. The van der Waals surface area contributed by atoms with Crippen LogP contribution in [0.2, 0.25) is 0 Å². The van der Waals surface area contributed by atoms with Crippen LogP contribution >= 0.6 is 0 Å². The van der Waals surface area contributed by atoms with Crippen LogP contribution in [0.3, 0.4) is 0 Å². The summed E-state index contributed by atoms with van der Waals surface area (Å²) in [4.78, 5) is 22.2. The van der Waals surface area contributed by atoms with Gasteiger partial charge in [0.2, 0.25) is 5.91 Å². The molecule has 0 saturated carbocycles. The van der Waals surface area contributed by atoms with Gasteiger partial charge in [0.1, 0.15) is 0 Å². The summed E-state index contributed by atoms with van der Waals surface area (Å²) >= 11 is 0. The maximum atomic E-state index is 11.2. The smallest absolute Gasteiger partial charge is 0.306 e. The summed E-state index contributed by atoms with van der Waals surface area (Å²) in [7, 11) is 0. The normalized spacial score (nSPS) is 11.9. The van der Waals surface area contributed by atoms with Gasteiger partial charge in [-0.3, -0.25) is 9.59 Å². The van der Waals surface area contributed by atoms with E-state index in [0.29, 0.717) is 5.92 Å². The summed E-state index contributed by atoms with van der Waals surface area (Å²) in [6.07, 6.45) is -0.0752. The van der Waals surface area contributed by atoms with E-state index in [-0.39, 0.29) is 24.4 Å². The highest BCUT2D eigenvalue weighted by molar-refractivity contribution is 5.82. The van der Waals surface area contributed by atoms with Gasteiger partial charge in [-0.25, -0.2) is 0 Å². The molecule has 2 N–H and O–H groups in total. The molecule has 0 aliphatic heterocycles.